The number of nitro groups is 1. The van der Waals surface area contributed by atoms with E-state index in [1.165, 1.54) is 33.7 Å². The zero-order valence-corrected chi connectivity index (χ0v) is 19.7. The molecule has 0 bridgehead atoms. The Morgan fingerprint density at radius 3 is 2.40 bits per heavy atom. The van der Waals surface area contributed by atoms with Gasteiger partial charge in [-0.25, -0.2) is 4.79 Å². The molecule has 0 radical (unpaired) electrons. The number of hydrogen-bond acceptors (Lipinski definition) is 12. The molecule has 3 N–H and O–H groups in total. The van der Waals surface area contributed by atoms with Gasteiger partial charge < -0.3 is 15.3 Å². The molecule has 0 saturated carbocycles. The molecular formula is C17H20N3NaO11S3. The molecule has 35 heavy (non-hydrogen) atoms. The van der Waals surface area contributed by atoms with Crippen molar-refractivity contribution in [3.63, 3.8) is 0 Å². The molecule has 1 aliphatic rings. The summed E-state index contributed by atoms with van der Waals surface area (Å²) in [7, 11) is -2.36. The number of benzene rings is 1. The summed E-state index contributed by atoms with van der Waals surface area (Å²) in [5.41, 5.74) is 0.00434. The summed E-state index contributed by atoms with van der Waals surface area (Å²) in [5, 5.41) is 20.6. The Kier molecular flexibility index (Phi) is 12.6. The summed E-state index contributed by atoms with van der Waals surface area (Å²) in [6.45, 7) is -0.512. The average Bonchev–Trinajstić information content (AvgIpc) is 3.04. The van der Waals surface area contributed by atoms with Crippen LogP contribution in [0.1, 0.15) is 24.8 Å². The minimum atomic E-state index is -4.80. The number of nitro benzene ring substituents is 1. The van der Waals surface area contributed by atoms with Crippen molar-refractivity contribution in [3.05, 3.63) is 33.9 Å². The van der Waals surface area contributed by atoms with Crippen molar-refractivity contribution < 1.29 is 47.0 Å². The Bertz CT molecular complexity index is 1100. The van der Waals surface area contributed by atoms with Crippen LogP contribution in [0.15, 0.2) is 18.2 Å². The second-order valence-corrected chi connectivity index (χ2v) is 10.9. The molecule has 1 aromatic rings. The number of hydrogen-bond donors (Lipinski definition) is 3. The Balaban J connectivity index is 0.00000612. The van der Waals surface area contributed by atoms with Crippen molar-refractivity contribution in [2.24, 2.45) is 0 Å². The van der Waals surface area contributed by atoms with Gasteiger partial charge in [0.15, 0.2) is 5.25 Å². The number of hydroxylamine groups is 2. The number of amides is 3. The zero-order valence-electron chi connectivity index (χ0n) is 17.2. The average molecular weight is 562 g/mol. The van der Waals surface area contributed by atoms with Crippen molar-refractivity contribution in [2.45, 2.75) is 31.1 Å². The van der Waals surface area contributed by atoms with E-state index in [1.807, 2.05) is 0 Å². The summed E-state index contributed by atoms with van der Waals surface area (Å²) in [5.74, 6) is -3.25. The van der Waals surface area contributed by atoms with Gasteiger partial charge >= 0.3 is 35.5 Å². The van der Waals surface area contributed by atoms with Crippen LogP contribution in [0.3, 0.4) is 0 Å². The Hall–Kier alpha value is -1.73. The molecule has 18 heteroatoms. The summed E-state index contributed by atoms with van der Waals surface area (Å²) in [6.07, 6.45) is -0.986. The standard InChI is InChI=1S/C17H19N3O11S3.Na.H/c21-9-10-1-2-11(7-12(10)20(26)27)18-14(22)3-5-32-33-6-4-16(24)31-19-15(23)8-13(17(19)25)34(28,29)30;;/h1-2,7,13,21H,3-6,8-9H2,(H,18,22)(H,28,29,30);;. The summed E-state index contributed by atoms with van der Waals surface area (Å²) in [6, 6.07) is 3.91. The number of carbonyl (C=O) groups excluding carboxylic acids is 4. The van der Waals surface area contributed by atoms with Crippen LogP contribution in [0.4, 0.5) is 11.4 Å². The van der Waals surface area contributed by atoms with E-state index in [2.05, 4.69) is 10.2 Å². The van der Waals surface area contributed by atoms with Crippen molar-refractivity contribution in [1.82, 2.24) is 5.06 Å². The van der Waals surface area contributed by atoms with Gasteiger partial charge in [-0.2, -0.15) is 8.42 Å². The van der Waals surface area contributed by atoms with Crippen LogP contribution < -0.4 is 5.32 Å². The molecule has 0 spiro atoms. The number of nitrogens with one attached hydrogen (secondary N) is 1. The molecule has 0 aromatic heterocycles. The van der Waals surface area contributed by atoms with Gasteiger partial charge in [0.25, 0.3) is 27.6 Å². The van der Waals surface area contributed by atoms with Crippen LogP contribution in [-0.4, -0.2) is 98.1 Å². The molecule has 1 aromatic carbocycles. The molecule has 188 valence electrons. The molecule has 1 atom stereocenters. The van der Waals surface area contributed by atoms with Crippen LogP contribution >= 0.6 is 21.6 Å². The number of aliphatic hydroxyl groups is 1. The third-order valence-corrected chi connectivity index (χ3v) is 7.73. The first-order chi connectivity index (χ1) is 15.9. The predicted molar refractivity (Wildman–Crippen MR) is 127 cm³/mol. The fourth-order valence-corrected chi connectivity index (χ4v) is 5.27. The molecule has 2 rings (SSSR count). The summed E-state index contributed by atoms with van der Waals surface area (Å²) >= 11 is 0. The fraction of sp³-hybridized carbons (Fsp3) is 0.412. The second kappa shape index (κ2) is 14.1. The van der Waals surface area contributed by atoms with E-state index < -0.39 is 57.0 Å². The molecule has 14 nitrogen and oxygen atoms in total. The van der Waals surface area contributed by atoms with Crippen molar-refractivity contribution in [2.75, 3.05) is 16.8 Å². The molecule has 3 amide bonds. The van der Waals surface area contributed by atoms with Crippen LogP contribution in [0, 0.1) is 10.1 Å². The van der Waals surface area contributed by atoms with Gasteiger partial charge in [-0.3, -0.25) is 29.1 Å². The Labute approximate surface area is 229 Å². The third-order valence-electron chi connectivity index (χ3n) is 4.24. The quantitative estimate of drug-likeness (QED) is 0.0585. The molecule has 1 saturated heterocycles. The first kappa shape index (κ1) is 31.3. The zero-order chi connectivity index (χ0) is 25.5. The third kappa shape index (κ3) is 9.34. The van der Waals surface area contributed by atoms with E-state index in [1.54, 1.807) is 0 Å². The molecule has 1 heterocycles. The van der Waals surface area contributed by atoms with E-state index >= 15 is 0 Å². The van der Waals surface area contributed by atoms with E-state index in [0.717, 1.165) is 6.07 Å². The van der Waals surface area contributed by atoms with E-state index in [4.69, 9.17) is 9.66 Å². The van der Waals surface area contributed by atoms with Crippen molar-refractivity contribution in [1.29, 1.82) is 0 Å². The van der Waals surface area contributed by atoms with Gasteiger partial charge in [-0.15, -0.1) is 5.06 Å². The Morgan fingerprint density at radius 2 is 1.86 bits per heavy atom. The van der Waals surface area contributed by atoms with Gasteiger partial charge in [0.05, 0.1) is 29.9 Å². The topological polar surface area (TPSA) is 211 Å². The van der Waals surface area contributed by atoms with Gasteiger partial charge in [0.1, 0.15) is 0 Å². The molecular weight excluding hydrogens is 541 g/mol. The normalized spacial score (nSPS) is 15.5. The number of rotatable bonds is 12. The van der Waals surface area contributed by atoms with Gasteiger partial charge in [0.2, 0.25) is 5.91 Å². The number of aliphatic hydroxyl groups excluding tert-OH is 1. The first-order valence-corrected chi connectivity index (χ1v) is 13.4. The monoisotopic (exact) mass is 561 g/mol. The second-order valence-electron chi connectivity index (χ2n) is 6.65. The fourth-order valence-electron chi connectivity index (χ4n) is 2.60. The molecule has 1 aliphatic heterocycles. The van der Waals surface area contributed by atoms with Gasteiger partial charge in [-0.1, -0.05) is 21.6 Å². The van der Waals surface area contributed by atoms with Crippen LogP contribution in [-0.2, 0) is 40.7 Å². The van der Waals surface area contributed by atoms with Crippen LogP contribution in [0.2, 0.25) is 0 Å². The number of anilines is 1. The molecule has 1 fully saturated rings. The van der Waals surface area contributed by atoms with Crippen molar-refractivity contribution in [3.8, 4) is 0 Å². The maximum atomic E-state index is 12.0. The number of carbonyl (C=O) groups is 4. The van der Waals surface area contributed by atoms with Crippen LogP contribution in [0.5, 0.6) is 0 Å². The van der Waals surface area contributed by atoms with E-state index in [0.29, 0.717) is 5.75 Å². The summed E-state index contributed by atoms with van der Waals surface area (Å²) in [4.78, 5) is 62.1. The van der Waals surface area contributed by atoms with E-state index in [9.17, 15) is 37.7 Å². The number of imide groups is 1. The Morgan fingerprint density at radius 1 is 1.23 bits per heavy atom. The van der Waals surface area contributed by atoms with Gasteiger partial charge in [0, 0.05) is 29.7 Å². The maximum absolute atomic E-state index is 12.0. The number of nitrogens with zero attached hydrogens (tertiary/aromatic N) is 2. The first-order valence-electron chi connectivity index (χ1n) is 9.40. The van der Waals surface area contributed by atoms with E-state index in [-0.39, 0.29) is 70.2 Å². The van der Waals surface area contributed by atoms with Crippen LogP contribution in [0.25, 0.3) is 0 Å². The SMILES string of the molecule is O=C(CCSSCCC(=O)ON1C(=O)CC(S(=O)(=O)O)C1=O)Nc1ccc(CO)c([N+](=O)[O-])c1.[NaH]. The minimum absolute atomic E-state index is 0. The van der Waals surface area contributed by atoms with Crippen molar-refractivity contribution >= 4 is 96.3 Å². The predicted octanol–water partition coefficient (Wildman–Crippen LogP) is 0.0122. The summed E-state index contributed by atoms with van der Waals surface area (Å²) < 4.78 is 31.0. The molecule has 1 unspecified atom stereocenters. The van der Waals surface area contributed by atoms with Gasteiger partial charge in [-0.05, 0) is 12.1 Å². The molecule has 0 aliphatic carbocycles.